The third-order valence-electron chi connectivity index (χ3n) is 2.44. The summed E-state index contributed by atoms with van der Waals surface area (Å²) in [5.74, 6) is 1.09. The molecule has 0 saturated carbocycles. The molecule has 100 valence electrons. The summed E-state index contributed by atoms with van der Waals surface area (Å²) in [7, 11) is 0. The van der Waals surface area contributed by atoms with E-state index in [-0.39, 0.29) is 0 Å². The highest BCUT2D eigenvalue weighted by atomic mass is 79.9. The molecule has 0 radical (unpaired) electrons. The predicted molar refractivity (Wildman–Crippen MR) is 84.2 cm³/mol. The Morgan fingerprint density at radius 2 is 1.95 bits per heavy atom. The molecule has 0 fully saturated rings. The normalized spacial score (nSPS) is 11.1. The van der Waals surface area contributed by atoms with E-state index in [2.05, 4.69) is 60.7 Å². The van der Waals surface area contributed by atoms with Crippen LogP contribution in [0.4, 0.5) is 0 Å². The topological polar surface area (TPSA) is 38.7 Å². The lowest BCUT2D eigenvalue weighted by molar-refractivity contribution is 0.632. The number of pyridine rings is 1. The van der Waals surface area contributed by atoms with E-state index in [1.807, 2.05) is 6.07 Å². The maximum atomic E-state index is 6.16. The van der Waals surface area contributed by atoms with E-state index in [1.165, 1.54) is 0 Å². The number of nitrogens with zero attached hydrogens (tertiary/aromatic N) is 3. The van der Waals surface area contributed by atoms with Crippen molar-refractivity contribution in [3.63, 3.8) is 0 Å². The van der Waals surface area contributed by atoms with Crippen LogP contribution in [0.25, 0.3) is 11.4 Å². The van der Waals surface area contributed by atoms with E-state index in [0.717, 1.165) is 26.6 Å². The van der Waals surface area contributed by atoms with Crippen LogP contribution in [-0.4, -0.2) is 15.0 Å². The fraction of sp³-hybridized carbons (Fsp3) is 0.308. The molecule has 2 rings (SSSR count). The molecular formula is C13H12Br2ClN3. The second-order valence-electron chi connectivity index (χ2n) is 4.59. The first kappa shape index (κ1) is 14.9. The van der Waals surface area contributed by atoms with Crippen LogP contribution in [0.3, 0.4) is 0 Å². The zero-order chi connectivity index (χ0) is 14.0. The van der Waals surface area contributed by atoms with E-state index in [4.69, 9.17) is 11.6 Å². The number of hydrogen-bond acceptors (Lipinski definition) is 3. The van der Waals surface area contributed by atoms with Gasteiger partial charge in [0.05, 0.1) is 10.2 Å². The molecule has 0 N–H and O–H groups in total. The van der Waals surface area contributed by atoms with Gasteiger partial charge in [-0.05, 0) is 50.3 Å². The van der Waals surface area contributed by atoms with Gasteiger partial charge in [-0.15, -0.1) is 0 Å². The summed E-state index contributed by atoms with van der Waals surface area (Å²) in [6.45, 7) is 4.28. The zero-order valence-electron chi connectivity index (χ0n) is 10.5. The Labute approximate surface area is 134 Å². The van der Waals surface area contributed by atoms with Crippen LogP contribution in [0.2, 0.25) is 5.15 Å². The van der Waals surface area contributed by atoms with Crippen LogP contribution in [0, 0.1) is 5.92 Å². The molecule has 0 aliphatic carbocycles. The minimum Gasteiger partial charge on any atom is -0.263 e. The predicted octanol–water partition coefficient (Wildman–Crippen LogP) is 4.92. The average Bonchev–Trinajstić information content (AvgIpc) is 2.34. The van der Waals surface area contributed by atoms with E-state index in [0.29, 0.717) is 16.9 Å². The monoisotopic (exact) mass is 403 g/mol. The lowest BCUT2D eigenvalue weighted by Gasteiger charge is -2.10. The van der Waals surface area contributed by atoms with Crippen LogP contribution in [0.1, 0.15) is 19.5 Å². The Morgan fingerprint density at radius 1 is 1.21 bits per heavy atom. The van der Waals surface area contributed by atoms with E-state index in [1.54, 1.807) is 12.4 Å². The summed E-state index contributed by atoms with van der Waals surface area (Å²) >= 11 is 13.0. The highest BCUT2D eigenvalue weighted by Crippen LogP contribution is 2.28. The number of rotatable bonds is 3. The first-order valence-electron chi connectivity index (χ1n) is 5.80. The first-order valence-corrected chi connectivity index (χ1v) is 7.76. The molecule has 2 heterocycles. The number of hydrogen-bond donors (Lipinski definition) is 0. The van der Waals surface area contributed by atoms with Gasteiger partial charge in [0.2, 0.25) is 0 Å². The fourth-order valence-electron chi connectivity index (χ4n) is 1.65. The lowest BCUT2D eigenvalue weighted by Crippen LogP contribution is -2.03. The Hall–Kier alpha value is -0.520. The molecule has 19 heavy (non-hydrogen) atoms. The minimum atomic E-state index is 0.431. The van der Waals surface area contributed by atoms with E-state index in [9.17, 15) is 0 Å². The van der Waals surface area contributed by atoms with Gasteiger partial charge < -0.3 is 0 Å². The van der Waals surface area contributed by atoms with Crippen LogP contribution >= 0.6 is 43.5 Å². The number of aromatic nitrogens is 3. The molecule has 3 nitrogen and oxygen atoms in total. The average molecular weight is 406 g/mol. The van der Waals surface area contributed by atoms with Gasteiger partial charge in [0.25, 0.3) is 0 Å². The van der Waals surface area contributed by atoms with Crippen molar-refractivity contribution in [1.82, 2.24) is 15.0 Å². The second kappa shape index (κ2) is 6.29. The molecule has 0 aliphatic rings. The van der Waals surface area contributed by atoms with Crippen molar-refractivity contribution in [1.29, 1.82) is 0 Å². The van der Waals surface area contributed by atoms with Crippen molar-refractivity contribution >= 4 is 43.5 Å². The molecule has 0 amide bonds. The van der Waals surface area contributed by atoms with Gasteiger partial charge in [0, 0.05) is 22.4 Å². The van der Waals surface area contributed by atoms with Gasteiger partial charge in [0.1, 0.15) is 5.15 Å². The van der Waals surface area contributed by atoms with Crippen molar-refractivity contribution in [2.75, 3.05) is 0 Å². The van der Waals surface area contributed by atoms with Gasteiger partial charge in [-0.1, -0.05) is 25.4 Å². The van der Waals surface area contributed by atoms with Crippen molar-refractivity contribution in [2.24, 2.45) is 5.92 Å². The quantitative estimate of drug-likeness (QED) is 0.681. The second-order valence-corrected chi connectivity index (χ2v) is 6.66. The van der Waals surface area contributed by atoms with Crippen LogP contribution in [-0.2, 0) is 6.42 Å². The van der Waals surface area contributed by atoms with E-state index >= 15 is 0 Å². The first-order chi connectivity index (χ1) is 8.97. The Morgan fingerprint density at radius 3 is 2.58 bits per heavy atom. The van der Waals surface area contributed by atoms with Crippen molar-refractivity contribution in [3.05, 3.63) is 38.3 Å². The smallest absolute Gasteiger partial charge is 0.162 e. The molecule has 2 aromatic rings. The molecule has 0 aromatic carbocycles. The minimum absolute atomic E-state index is 0.431. The van der Waals surface area contributed by atoms with Gasteiger partial charge in [-0.25, -0.2) is 9.97 Å². The molecular weight excluding hydrogens is 393 g/mol. The van der Waals surface area contributed by atoms with E-state index < -0.39 is 0 Å². The summed E-state index contributed by atoms with van der Waals surface area (Å²) in [6, 6.07) is 1.92. The maximum absolute atomic E-state index is 6.16. The van der Waals surface area contributed by atoms with Crippen molar-refractivity contribution in [3.8, 4) is 11.4 Å². The molecule has 0 unspecified atom stereocenters. The Bertz CT molecular complexity index is 602. The number of halogens is 3. The maximum Gasteiger partial charge on any atom is 0.162 e. The molecule has 0 saturated heterocycles. The summed E-state index contributed by atoms with van der Waals surface area (Å²) < 4.78 is 1.66. The molecule has 2 aromatic heterocycles. The fourth-order valence-corrected chi connectivity index (χ4v) is 2.54. The van der Waals surface area contributed by atoms with Gasteiger partial charge in [-0.2, -0.15) is 0 Å². The highest BCUT2D eigenvalue weighted by molar-refractivity contribution is 9.10. The van der Waals surface area contributed by atoms with Gasteiger partial charge in [0.15, 0.2) is 5.82 Å². The van der Waals surface area contributed by atoms with Crippen LogP contribution in [0.5, 0.6) is 0 Å². The lowest BCUT2D eigenvalue weighted by atomic mass is 10.1. The van der Waals surface area contributed by atoms with Crippen LogP contribution in [0.15, 0.2) is 27.4 Å². The SMILES string of the molecule is CC(C)Cc1nc(-c2cncc(Br)c2)nc(Cl)c1Br. The third kappa shape index (κ3) is 3.74. The summed E-state index contributed by atoms with van der Waals surface area (Å²) in [5, 5.41) is 0.431. The van der Waals surface area contributed by atoms with Gasteiger partial charge >= 0.3 is 0 Å². The molecule has 6 heteroatoms. The third-order valence-corrected chi connectivity index (χ3v) is 4.21. The molecule has 0 bridgehead atoms. The molecule has 0 spiro atoms. The molecule has 0 aliphatic heterocycles. The van der Waals surface area contributed by atoms with Crippen LogP contribution < -0.4 is 0 Å². The standard InChI is InChI=1S/C13H12Br2ClN3/c1-7(2)3-10-11(15)12(16)19-13(18-10)8-4-9(14)6-17-5-8/h4-7H,3H2,1-2H3. The summed E-state index contributed by atoms with van der Waals surface area (Å²) in [5.41, 5.74) is 1.76. The Balaban J connectivity index is 2.50. The zero-order valence-corrected chi connectivity index (χ0v) is 14.4. The highest BCUT2D eigenvalue weighted by Gasteiger charge is 2.13. The summed E-state index contributed by atoms with van der Waals surface area (Å²) in [4.78, 5) is 13.0. The summed E-state index contributed by atoms with van der Waals surface area (Å²) in [6.07, 6.45) is 4.29. The van der Waals surface area contributed by atoms with Gasteiger partial charge in [-0.3, -0.25) is 4.98 Å². The Kier molecular flexibility index (Phi) is 4.92. The molecule has 0 atom stereocenters. The van der Waals surface area contributed by atoms with Crippen molar-refractivity contribution in [2.45, 2.75) is 20.3 Å². The van der Waals surface area contributed by atoms with Crippen molar-refractivity contribution < 1.29 is 0 Å². The largest absolute Gasteiger partial charge is 0.263 e.